The van der Waals surface area contributed by atoms with Crippen LogP contribution in [-0.4, -0.2) is 25.1 Å². The second-order valence-electron chi connectivity index (χ2n) is 5.42. The van der Waals surface area contributed by atoms with Crippen LogP contribution in [0.4, 0.5) is 5.69 Å². The summed E-state index contributed by atoms with van der Waals surface area (Å²) in [5.74, 6) is -0.590. The molecule has 0 spiro atoms. The van der Waals surface area contributed by atoms with Gasteiger partial charge < -0.3 is 14.8 Å². The van der Waals surface area contributed by atoms with Crippen molar-refractivity contribution in [3.63, 3.8) is 0 Å². The van der Waals surface area contributed by atoms with E-state index in [9.17, 15) is 9.59 Å². The van der Waals surface area contributed by atoms with Gasteiger partial charge in [0.05, 0.1) is 22.8 Å². The second kappa shape index (κ2) is 9.65. The van der Waals surface area contributed by atoms with Crippen LogP contribution < -0.4 is 10.1 Å². The molecule has 0 heterocycles. The van der Waals surface area contributed by atoms with Gasteiger partial charge in [0.25, 0.3) is 5.91 Å². The van der Waals surface area contributed by atoms with Crippen LogP contribution in [0.2, 0.25) is 15.1 Å². The van der Waals surface area contributed by atoms with Gasteiger partial charge in [-0.05, 0) is 42.8 Å². The third-order valence-electron chi connectivity index (χ3n) is 3.42. The van der Waals surface area contributed by atoms with Crippen LogP contribution in [0.1, 0.15) is 12.5 Å². The molecular formula is C19H16Cl3NO4. The third kappa shape index (κ3) is 6.17. The number of anilines is 1. The maximum atomic E-state index is 12.2. The summed E-state index contributed by atoms with van der Waals surface area (Å²) in [4.78, 5) is 24.1. The van der Waals surface area contributed by atoms with Gasteiger partial charge in [-0.1, -0.05) is 46.9 Å². The first-order valence-electron chi connectivity index (χ1n) is 7.78. The van der Waals surface area contributed by atoms with Crippen LogP contribution in [-0.2, 0) is 14.3 Å². The Kier molecular flexibility index (Phi) is 7.54. The maximum Gasteiger partial charge on any atom is 0.331 e. The Labute approximate surface area is 171 Å². The standard InChI is InChI=1S/C19H16Cl3NO4/c1-11(19(25)23-18-15(21)9-13(20)10-16(18)22)27-17(24)7-6-12-4-3-5-14(8-12)26-2/h3-11H,1-2H3,(H,23,25)/b7-6+. The fourth-order valence-corrected chi connectivity index (χ4v) is 2.97. The van der Waals surface area contributed by atoms with Gasteiger partial charge >= 0.3 is 5.97 Å². The Morgan fingerprint density at radius 1 is 1.11 bits per heavy atom. The number of rotatable bonds is 6. The monoisotopic (exact) mass is 427 g/mol. The zero-order valence-corrected chi connectivity index (χ0v) is 16.7. The summed E-state index contributed by atoms with van der Waals surface area (Å²) in [5, 5.41) is 3.21. The Hall–Kier alpha value is -2.21. The number of benzene rings is 2. The quantitative estimate of drug-likeness (QED) is 0.505. The van der Waals surface area contributed by atoms with Crippen LogP contribution in [0.3, 0.4) is 0 Å². The molecule has 0 aliphatic carbocycles. The Morgan fingerprint density at radius 2 is 1.78 bits per heavy atom. The van der Waals surface area contributed by atoms with Crippen molar-refractivity contribution < 1.29 is 19.1 Å². The van der Waals surface area contributed by atoms with E-state index < -0.39 is 18.0 Å². The zero-order valence-electron chi connectivity index (χ0n) is 14.5. The van der Waals surface area contributed by atoms with Crippen LogP contribution in [0.15, 0.2) is 42.5 Å². The van der Waals surface area contributed by atoms with Crippen LogP contribution in [0, 0.1) is 0 Å². The fourth-order valence-electron chi connectivity index (χ4n) is 2.06. The molecule has 27 heavy (non-hydrogen) atoms. The molecule has 0 fully saturated rings. The number of ether oxygens (including phenoxy) is 2. The minimum absolute atomic E-state index is 0.178. The Balaban J connectivity index is 1.97. The van der Waals surface area contributed by atoms with Crippen molar-refractivity contribution >= 4 is 58.4 Å². The van der Waals surface area contributed by atoms with Gasteiger partial charge in [0.1, 0.15) is 5.75 Å². The number of carbonyl (C=O) groups excluding carboxylic acids is 2. The number of amides is 1. The van der Waals surface area contributed by atoms with E-state index in [4.69, 9.17) is 44.3 Å². The molecule has 0 aliphatic heterocycles. The lowest BCUT2D eigenvalue weighted by Gasteiger charge is -2.14. The van der Waals surface area contributed by atoms with Crippen molar-refractivity contribution in [3.05, 3.63) is 63.1 Å². The average Bonchev–Trinajstić information content (AvgIpc) is 2.62. The molecule has 5 nitrogen and oxygen atoms in total. The molecule has 0 aliphatic rings. The highest BCUT2D eigenvalue weighted by Gasteiger charge is 2.19. The van der Waals surface area contributed by atoms with E-state index in [2.05, 4.69) is 5.32 Å². The lowest BCUT2D eigenvalue weighted by atomic mass is 10.2. The molecule has 2 aromatic carbocycles. The molecule has 2 rings (SSSR count). The number of nitrogens with one attached hydrogen (secondary N) is 1. The predicted molar refractivity (Wildman–Crippen MR) is 108 cm³/mol. The van der Waals surface area contributed by atoms with E-state index in [1.54, 1.807) is 37.5 Å². The third-order valence-corrected chi connectivity index (χ3v) is 4.24. The van der Waals surface area contributed by atoms with Gasteiger partial charge in [0, 0.05) is 11.1 Å². The highest BCUT2D eigenvalue weighted by molar-refractivity contribution is 6.42. The van der Waals surface area contributed by atoms with E-state index in [-0.39, 0.29) is 15.7 Å². The smallest absolute Gasteiger partial charge is 0.331 e. The number of hydrogen-bond donors (Lipinski definition) is 1. The number of halogens is 3. The fraction of sp³-hybridized carbons (Fsp3) is 0.158. The van der Waals surface area contributed by atoms with Gasteiger partial charge in [-0.15, -0.1) is 0 Å². The van der Waals surface area contributed by atoms with Crippen molar-refractivity contribution in [2.45, 2.75) is 13.0 Å². The largest absolute Gasteiger partial charge is 0.497 e. The molecule has 1 unspecified atom stereocenters. The molecule has 1 atom stereocenters. The van der Waals surface area contributed by atoms with E-state index in [0.717, 1.165) is 5.56 Å². The molecule has 8 heteroatoms. The summed E-state index contributed by atoms with van der Waals surface area (Å²) in [6.45, 7) is 1.43. The van der Waals surface area contributed by atoms with Crippen molar-refractivity contribution in [2.75, 3.05) is 12.4 Å². The molecule has 1 amide bonds. The Bertz CT molecular complexity index is 860. The molecule has 0 bridgehead atoms. The molecule has 142 valence electrons. The van der Waals surface area contributed by atoms with Gasteiger partial charge in [-0.3, -0.25) is 4.79 Å². The van der Waals surface area contributed by atoms with Crippen LogP contribution in [0.5, 0.6) is 5.75 Å². The predicted octanol–water partition coefficient (Wildman–Crippen LogP) is 5.24. The molecule has 2 aromatic rings. The molecular weight excluding hydrogens is 413 g/mol. The molecule has 0 radical (unpaired) electrons. The first-order valence-corrected chi connectivity index (χ1v) is 8.91. The maximum absolute atomic E-state index is 12.2. The minimum Gasteiger partial charge on any atom is -0.497 e. The number of hydrogen-bond acceptors (Lipinski definition) is 4. The van der Waals surface area contributed by atoms with E-state index >= 15 is 0 Å². The average molecular weight is 429 g/mol. The van der Waals surface area contributed by atoms with Crippen molar-refractivity contribution in [3.8, 4) is 5.75 Å². The molecule has 1 N–H and O–H groups in total. The van der Waals surface area contributed by atoms with Crippen molar-refractivity contribution in [1.29, 1.82) is 0 Å². The summed E-state index contributed by atoms with van der Waals surface area (Å²) in [5.41, 5.74) is 0.950. The lowest BCUT2D eigenvalue weighted by Crippen LogP contribution is -2.29. The first kappa shape index (κ1) is 21.1. The van der Waals surface area contributed by atoms with E-state index in [0.29, 0.717) is 10.8 Å². The van der Waals surface area contributed by atoms with Crippen LogP contribution >= 0.6 is 34.8 Å². The summed E-state index contributed by atoms with van der Waals surface area (Å²) in [7, 11) is 1.55. The summed E-state index contributed by atoms with van der Waals surface area (Å²) < 4.78 is 10.2. The summed E-state index contributed by atoms with van der Waals surface area (Å²) in [6, 6.07) is 10.0. The van der Waals surface area contributed by atoms with E-state index in [1.807, 2.05) is 0 Å². The highest BCUT2D eigenvalue weighted by atomic mass is 35.5. The van der Waals surface area contributed by atoms with E-state index in [1.165, 1.54) is 25.1 Å². The van der Waals surface area contributed by atoms with Gasteiger partial charge in [0.15, 0.2) is 6.10 Å². The van der Waals surface area contributed by atoms with Crippen molar-refractivity contribution in [1.82, 2.24) is 0 Å². The van der Waals surface area contributed by atoms with Gasteiger partial charge in [-0.2, -0.15) is 0 Å². The zero-order chi connectivity index (χ0) is 20.0. The Morgan fingerprint density at radius 3 is 2.41 bits per heavy atom. The van der Waals surface area contributed by atoms with Crippen LogP contribution in [0.25, 0.3) is 6.08 Å². The SMILES string of the molecule is COc1cccc(/C=C/C(=O)OC(C)C(=O)Nc2c(Cl)cc(Cl)cc2Cl)c1. The van der Waals surface area contributed by atoms with Gasteiger partial charge in [-0.25, -0.2) is 4.79 Å². The molecule has 0 aromatic heterocycles. The second-order valence-corrected chi connectivity index (χ2v) is 6.67. The normalized spacial score (nSPS) is 11.9. The summed E-state index contributed by atoms with van der Waals surface area (Å²) >= 11 is 17.9. The lowest BCUT2D eigenvalue weighted by molar-refractivity contribution is -0.148. The minimum atomic E-state index is -1.06. The molecule has 0 saturated heterocycles. The summed E-state index contributed by atoms with van der Waals surface area (Å²) in [6.07, 6.45) is 1.72. The molecule has 0 saturated carbocycles. The topological polar surface area (TPSA) is 64.6 Å². The first-order chi connectivity index (χ1) is 12.8. The van der Waals surface area contributed by atoms with Gasteiger partial charge in [0.2, 0.25) is 0 Å². The number of carbonyl (C=O) groups is 2. The number of methoxy groups -OCH3 is 1. The van der Waals surface area contributed by atoms with Crippen molar-refractivity contribution in [2.24, 2.45) is 0 Å². The highest BCUT2D eigenvalue weighted by Crippen LogP contribution is 2.33. The number of esters is 1.